The molecule has 1 fully saturated rings. The molecule has 8 nitrogen and oxygen atoms in total. The Morgan fingerprint density at radius 1 is 1.20 bits per heavy atom. The van der Waals surface area contributed by atoms with Crippen LogP contribution in [0.1, 0.15) is 58.6 Å². The van der Waals surface area contributed by atoms with Crippen LogP contribution in [-0.2, 0) is 9.59 Å². The molecule has 0 radical (unpaired) electrons. The van der Waals surface area contributed by atoms with Crippen molar-refractivity contribution in [2.45, 2.75) is 45.6 Å². The van der Waals surface area contributed by atoms with E-state index in [0.717, 1.165) is 25.3 Å². The van der Waals surface area contributed by atoms with Gasteiger partial charge in [0.25, 0.3) is 11.8 Å². The SMILES string of the molecule is Cc1[nH]c(/C=C2\C(=O)Nc3ccc(F)c(F)c32)c(C)c1C(=O)NCC(O)CC(=O)N1CCCCC1. The summed E-state index contributed by atoms with van der Waals surface area (Å²) >= 11 is 0. The number of H-pyrrole nitrogens is 1. The highest BCUT2D eigenvalue weighted by molar-refractivity contribution is 6.35. The molecule has 3 heterocycles. The minimum atomic E-state index is -1.13. The topological polar surface area (TPSA) is 115 Å². The first kappa shape index (κ1) is 24.6. The molecule has 186 valence electrons. The number of hydrogen-bond donors (Lipinski definition) is 4. The van der Waals surface area contributed by atoms with Crippen molar-refractivity contribution in [3.05, 3.63) is 51.8 Å². The van der Waals surface area contributed by atoms with Crippen LogP contribution >= 0.6 is 0 Å². The van der Waals surface area contributed by atoms with E-state index in [4.69, 9.17) is 0 Å². The van der Waals surface area contributed by atoms with Crippen molar-refractivity contribution in [1.82, 2.24) is 15.2 Å². The molecule has 2 aliphatic heterocycles. The molecular weight excluding hydrogens is 458 g/mol. The van der Waals surface area contributed by atoms with E-state index in [9.17, 15) is 28.3 Å². The first-order chi connectivity index (χ1) is 16.7. The van der Waals surface area contributed by atoms with Gasteiger partial charge in [-0.1, -0.05) is 0 Å². The van der Waals surface area contributed by atoms with E-state index >= 15 is 0 Å². The number of likely N-dealkylation sites (tertiary alicyclic amines) is 1. The monoisotopic (exact) mass is 486 g/mol. The summed E-state index contributed by atoms with van der Waals surface area (Å²) in [5, 5.41) is 15.4. The zero-order valence-corrected chi connectivity index (χ0v) is 19.6. The van der Waals surface area contributed by atoms with Gasteiger partial charge >= 0.3 is 0 Å². The molecule has 2 aromatic rings. The van der Waals surface area contributed by atoms with Crippen LogP contribution in [0.2, 0.25) is 0 Å². The number of halogens is 2. The van der Waals surface area contributed by atoms with Crippen LogP contribution < -0.4 is 10.6 Å². The Labute approximate surface area is 201 Å². The molecule has 3 amide bonds. The summed E-state index contributed by atoms with van der Waals surface area (Å²) in [7, 11) is 0. The van der Waals surface area contributed by atoms with Crippen molar-refractivity contribution in [3.63, 3.8) is 0 Å². The molecule has 4 rings (SSSR count). The fourth-order valence-corrected chi connectivity index (χ4v) is 4.61. The number of aromatic nitrogens is 1. The zero-order chi connectivity index (χ0) is 25.3. The number of aryl methyl sites for hydroxylation is 1. The van der Waals surface area contributed by atoms with Crippen LogP contribution in [0.4, 0.5) is 14.5 Å². The lowest BCUT2D eigenvalue weighted by atomic mass is 10.0. The van der Waals surface area contributed by atoms with Crippen molar-refractivity contribution in [3.8, 4) is 0 Å². The molecule has 1 unspecified atom stereocenters. The third-order valence-electron chi connectivity index (χ3n) is 6.47. The van der Waals surface area contributed by atoms with Gasteiger partial charge in [-0.15, -0.1) is 0 Å². The van der Waals surface area contributed by atoms with Crippen molar-refractivity contribution >= 4 is 35.1 Å². The summed E-state index contributed by atoms with van der Waals surface area (Å²) in [6.45, 7) is 4.62. The van der Waals surface area contributed by atoms with Crippen LogP contribution in [0.3, 0.4) is 0 Å². The van der Waals surface area contributed by atoms with Gasteiger partial charge in [-0.3, -0.25) is 14.4 Å². The summed E-state index contributed by atoms with van der Waals surface area (Å²) in [6.07, 6.45) is 3.30. The maximum absolute atomic E-state index is 14.4. The average Bonchev–Trinajstić information content (AvgIpc) is 3.30. The molecule has 1 atom stereocenters. The largest absolute Gasteiger partial charge is 0.391 e. The number of piperidine rings is 1. The molecule has 1 aromatic carbocycles. The smallest absolute Gasteiger partial charge is 0.256 e. The maximum Gasteiger partial charge on any atom is 0.256 e. The van der Waals surface area contributed by atoms with Gasteiger partial charge in [0.05, 0.1) is 29.3 Å². The van der Waals surface area contributed by atoms with E-state index in [1.165, 1.54) is 12.1 Å². The Balaban J connectivity index is 1.46. The van der Waals surface area contributed by atoms with Gasteiger partial charge in [0.2, 0.25) is 5.91 Å². The third-order valence-corrected chi connectivity index (χ3v) is 6.47. The number of rotatable bonds is 6. The minimum Gasteiger partial charge on any atom is -0.391 e. The van der Waals surface area contributed by atoms with Crippen molar-refractivity contribution in [1.29, 1.82) is 0 Å². The number of amides is 3. The van der Waals surface area contributed by atoms with Crippen molar-refractivity contribution in [2.24, 2.45) is 0 Å². The van der Waals surface area contributed by atoms with Gasteiger partial charge in [-0.25, -0.2) is 8.78 Å². The Morgan fingerprint density at radius 3 is 2.63 bits per heavy atom. The van der Waals surface area contributed by atoms with Crippen LogP contribution in [-0.4, -0.2) is 58.5 Å². The maximum atomic E-state index is 14.4. The summed E-state index contributed by atoms with van der Waals surface area (Å²) in [5.74, 6) is -3.36. The van der Waals surface area contributed by atoms with E-state index in [-0.39, 0.29) is 35.7 Å². The molecule has 1 saturated heterocycles. The highest BCUT2D eigenvalue weighted by Gasteiger charge is 2.30. The molecule has 0 saturated carbocycles. The first-order valence-electron chi connectivity index (χ1n) is 11.6. The normalized spacial score (nSPS) is 17.3. The van der Waals surface area contributed by atoms with Crippen LogP contribution in [0.15, 0.2) is 12.1 Å². The Hall–Kier alpha value is -3.53. The van der Waals surface area contributed by atoms with Gasteiger partial charge in [-0.2, -0.15) is 0 Å². The minimum absolute atomic E-state index is 0.0556. The fourth-order valence-electron chi connectivity index (χ4n) is 4.61. The molecule has 2 aliphatic rings. The lowest BCUT2D eigenvalue weighted by Crippen LogP contribution is -2.40. The number of benzene rings is 1. The number of anilines is 1. The first-order valence-corrected chi connectivity index (χ1v) is 11.6. The van der Waals surface area contributed by atoms with Gasteiger partial charge < -0.3 is 25.6 Å². The second kappa shape index (κ2) is 9.99. The van der Waals surface area contributed by atoms with E-state index in [0.29, 0.717) is 35.6 Å². The predicted molar refractivity (Wildman–Crippen MR) is 127 cm³/mol. The summed E-state index contributed by atoms with van der Waals surface area (Å²) in [4.78, 5) is 42.3. The third kappa shape index (κ3) is 4.97. The number of nitrogens with one attached hydrogen (secondary N) is 3. The molecule has 0 bridgehead atoms. The molecule has 35 heavy (non-hydrogen) atoms. The van der Waals surface area contributed by atoms with Gasteiger partial charge in [-0.05, 0) is 56.9 Å². The number of aliphatic hydroxyl groups excluding tert-OH is 1. The molecular formula is C25H28F2N4O4. The van der Waals surface area contributed by atoms with E-state index in [1.807, 2.05) is 0 Å². The number of aromatic amines is 1. The van der Waals surface area contributed by atoms with Crippen LogP contribution in [0.5, 0.6) is 0 Å². The van der Waals surface area contributed by atoms with Gasteiger partial charge in [0.1, 0.15) is 0 Å². The number of hydrogen-bond acceptors (Lipinski definition) is 4. The molecule has 0 aliphatic carbocycles. The summed E-state index contributed by atoms with van der Waals surface area (Å²) in [6, 6.07) is 2.23. The summed E-state index contributed by atoms with van der Waals surface area (Å²) < 4.78 is 28.1. The number of carbonyl (C=O) groups is 3. The Bertz CT molecular complexity index is 1210. The van der Waals surface area contributed by atoms with Crippen LogP contribution in [0, 0.1) is 25.5 Å². The molecule has 1 aromatic heterocycles. The number of carbonyl (C=O) groups excluding carboxylic acids is 3. The Morgan fingerprint density at radius 2 is 1.91 bits per heavy atom. The van der Waals surface area contributed by atoms with E-state index in [2.05, 4.69) is 15.6 Å². The summed E-state index contributed by atoms with van der Waals surface area (Å²) in [5.41, 5.74) is 1.68. The predicted octanol–water partition coefficient (Wildman–Crippen LogP) is 2.90. The highest BCUT2D eigenvalue weighted by Crippen LogP contribution is 2.36. The van der Waals surface area contributed by atoms with Gasteiger partial charge in [0.15, 0.2) is 11.6 Å². The number of aliphatic hydroxyl groups is 1. The number of nitrogens with zero attached hydrogens (tertiary/aromatic N) is 1. The molecule has 0 spiro atoms. The standard InChI is InChI=1S/C25H28F2N4O4/c1-13-19(11-16-22-18(30-24(16)34)7-6-17(26)23(22)27)29-14(2)21(13)25(35)28-12-15(32)10-20(33)31-8-4-3-5-9-31/h6-7,11,15,29,32H,3-5,8-10,12H2,1-2H3,(H,28,35)(H,30,34)/b16-11-. The van der Waals surface area contributed by atoms with Gasteiger partial charge in [0, 0.05) is 36.6 Å². The molecule has 4 N–H and O–H groups in total. The van der Waals surface area contributed by atoms with Crippen molar-refractivity contribution < 1.29 is 28.3 Å². The highest BCUT2D eigenvalue weighted by atomic mass is 19.2. The second-order valence-corrected chi connectivity index (χ2v) is 8.97. The Kier molecular flexibility index (Phi) is 7.02. The van der Waals surface area contributed by atoms with E-state index < -0.39 is 29.6 Å². The molecule has 10 heteroatoms. The lowest BCUT2D eigenvalue weighted by Gasteiger charge is -2.27. The van der Waals surface area contributed by atoms with Crippen LogP contribution in [0.25, 0.3) is 11.6 Å². The quantitative estimate of drug-likeness (QED) is 0.470. The average molecular weight is 487 g/mol. The second-order valence-electron chi connectivity index (χ2n) is 8.97. The van der Waals surface area contributed by atoms with E-state index in [1.54, 1.807) is 18.7 Å². The number of fused-ring (bicyclic) bond motifs is 1. The zero-order valence-electron chi connectivity index (χ0n) is 19.6. The lowest BCUT2D eigenvalue weighted by molar-refractivity contribution is -0.134. The fraction of sp³-hybridized carbons (Fsp3) is 0.400. The van der Waals surface area contributed by atoms with Crippen molar-refractivity contribution in [2.75, 3.05) is 25.0 Å².